The van der Waals surface area contributed by atoms with Crippen LogP contribution in [-0.2, 0) is 11.3 Å². The minimum Gasteiger partial charge on any atom is -0.488 e. The number of ether oxygens (including phenoxy) is 2. The second kappa shape index (κ2) is 8.24. The molecular formula is C21H22F2N2O3. The lowest BCUT2D eigenvalue weighted by atomic mass is 10.1. The zero-order chi connectivity index (χ0) is 19.5. The van der Waals surface area contributed by atoms with E-state index in [9.17, 15) is 13.6 Å². The van der Waals surface area contributed by atoms with Gasteiger partial charge in [0.1, 0.15) is 11.9 Å². The number of carbonyl (C=O) groups is 1. The molecule has 0 unspecified atom stereocenters. The zero-order valence-electron chi connectivity index (χ0n) is 15.4. The highest BCUT2D eigenvalue weighted by Gasteiger charge is 2.29. The third-order valence-electron chi connectivity index (χ3n) is 5.03. The maximum Gasteiger partial charge on any atom is 0.254 e. The minimum absolute atomic E-state index is 0.0226. The summed E-state index contributed by atoms with van der Waals surface area (Å²) in [7, 11) is 0. The molecule has 0 aromatic heterocycles. The van der Waals surface area contributed by atoms with Gasteiger partial charge in [0, 0.05) is 43.9 Å². The minimum atomic E-state index is -0.826. The van der Waals surface area contributed by atoms with Crippen molar-refractivity contribution < 1.29 is 23.0 Å². The molecule has 0 N–H and O–H groups in total. The Kier molecular flexibility index (Phi) is 5.54. The highest BCUT2D eigenvalue weighted by Crippen LogP contribution is 2.23. The molecule has 2 aliphatic rings. The van der Waals surface area contributed by atoms with Crippen molar-refractivity contribution >= 4 is 5.91 Å². The molecule has 5 nitrogen and oxygen atoms in total. The lowest BCUT2D eigenvalue weighted by Crippen LogP contribution is -2.53. The molecule has 2 fully saturated rings. The van der Waals surface area contributed by atoms with E-state index in [0.29, 0.717) is 62.8 Å². The predicted octanol–water partition coefficient (Wildman–Crippen LogP) is 2.70. The fraction of sp³-hybridized carbons (Fsp3) is 0.381. The van der Waals surface area contributed by atoms with E-state index in [4.69, 9.17) is 9.47 Å². The van der Waals surface area contributed by atoms with Crippen LogP contribution in [0.15, 0.2) is 42.5 Å². The van der Waals surface area contributed by atoms with Gasteiger partial charge in [0.2, 0.25) is 0 Å². The van der Waals surface area contributed by atoms with Gasteiger partial charge in [0.05, 0.1) is 13.2 Å². The Labute approximate surface area is 162 Å². The Bertz CT molecular complexity index is 849. The van der Waals surface area contributed by atoms with Crippen molar-refractivity contribution in [3.8, 4) is 5.75 Å². The Morgan fingerprint density at radius 1 is 1.11 bits per heavy atom. The number of nitrogens with zero attached hydrogens (tertiary/aromatic N) is 2. The van der Waals surface area contributed by atoms with Gasteiger partial charge in [-0.1, -0.05) is 18.2 Å². The van der Waals surface area contributed by atoms with Gasteiger partial charge in [0.25, 0.3) is 5.91 Å². The summed E-state index contributed by atoms with van der Waals surface area (Å²) in [4.78, 5) is 16.3. The first-order valence-corrected chi connectivity index (χ1v) is 9.39. The second-order valence-corrected chi connectivity index (χ2v) is 7.08. The van der Waals surface area contributed by atoms with Crippen LogP contribution in [0.1, 0.15) is 15.9 Å². The average molecular weight is 388 g/mol. The van der Waals surface area contributed by atoms with Gasteiger partial charge in [-0.25, -0.2) is 8.78 Å². The molecule has 0 bridgehead atoms. The highest BCUT2D eigenvalue weighted by atomic mass is 19.2. The smallest absolute Gasteiger partial charge is 0.254 e. The van der Waals surface area contributed by atoms with Crippen LogP contribution in [-0.4, -0.2) is 61.2 Å². The largest absolute Gasteiger partial charge is 0.488 e. The van der Waals surface area contributed by atoms with E-state index in [0.717, 1.165) is 6.07 Å². The van der Waals surface area contributed by atoms with Crippen molar-refractivity contribution in [3.05, 3.63) is 65.2 Å². The van der Waals surface area contributed by atoms with Crippen LogP contribution >= 0.6 is 0 Å². The molecular weight excluding hydrogens is 366 g/mol. The number of morpholine rings is 1. The fourth-order valence-electron chi connectivity index (χ4n) is 3.48. The Morgan fingerprint density at radius 3 is 2.64 bits per heavy atom. The van der Waals surface area contributed by atoms with Crippen LogP contribution in [0.25, 0.3) is 0 Å². The summed E-state index contributed by atoms with van der Waals surface area (Å²) in [6, 6.07) is 11.4. The topological polar surface area (TPSA) is 42.0 Å². The number of hydrogen-bond acceptors (Lipinski definition) is 4. The van der Waals surface area contributed by atoms with Crippen molar-refractivity contribution in [1.82, 2.24) is 9.80 Å². The summed E-state index contributed by atoms with van der Waals surface area (Å²) < 4.78 is 38.3. The van der Waals surface area contributed by atoms with Crippen LogP contribution in [0.2, 0.25) is 0 Å². The van der Waals surface area contributed by atoms with E-state index in [1.165, 1.54) is 6.07 Å². The number of rotatable bonds is 5. The predicted molar refractivity (Wildman–Crippen MR) is 99.2 cm³/mol. The average Bonchev–Trinajstić information content (AvgIpc) is 2.70. The molecule has 2 saturated heterocycles. The summed E-state index contributed by atoms with van der Waals surface area (Å²) in [5.41, 5.74) is 0.939. The SMILES string of the molecule is O=C(c1cccc(OC2CN(Cc3cccc(F)c3F)C2)c1)N1CCOCC1. The third kappa shape index (κ3) is 4.15. The van der Waals surface area contributed by atoms with Crippen LogP contribution < -0.4 is 4.74 Å². The number of likely N-dealkylation sites (tertiary alicyclic amines) is 1. The van der Waals surface area contributed by atoms with Gasteiger partial charge in [0.15, 0.2) is 11.6 Å². The molecule has 1 amide bonds. The Morgan fingerprint density at radius 2 is 1.86 bits per heavy atom. The lowest BCUT2D eigenvalue weighted by molar-refractivity contribution is 0.0136. The summed E-state index contributed by atoms with van der Waals surface area (Å²) in [6.45, 7) is 3.90. The van der Waals surface area contributed by atoms with Crippen LogP contribution in [0, 0.1) is 11.6 Å². The number of amides is 1. The van der Waals surface area contributed by atoms with Crippen molar-refractivity contribution in [2.24, 2.45) is 0 Å². The first-order chi connectivity index (χ1) is 13.6. The second-order valence-electron chi connectivity index (χ2n) is 7.08. The van der Waals surface area contributed by atoms with Gasteiger partial charge in [-0.2, -0.15) is 0 Å². The molecule has 28 heavy (non-hydrogen) atoms. The quantitative estimate of drug-likeness (QED) is 0.790. The number of hydrogen-bond donors (Lipinski definition) is 0. The van der Waals surface area contributed by atoms with Crippen LogP contribution in [0.3, 0.4) is 0 Å². The first-order valence-electron chi connectivity index (χ1n) is 9.39. The molecule has 2 aromatic carbocycles. The molecule has 0 atom stereocenters. The standard InChI is InChI=1S/C21H22F2N2O3/c22-19-6-2-4-16(20(19)23)12-24-13-18(14-24)28-17-5-1-3-15(11-17)21(26)25-7-9-27-10-8-25/h1-6,11,18H,7-10,12-14H2. The molecule has 2 aliphatic heterocycles. The van der Waals surface area contributed by atoms with E-state index in [2.05, 4.69) is 0 Å². The molecule has 0 spiro atoms. The molecule has 2 aromatic rings. The Hall–Kier alpha value is -2.51. The number of benzene rings is 2. The summed E-state index contributed by atoms with van der Waals surface area (Å²) >= 11 is 0. The molecule has 2 heterocycles. The van der Waals surface area contributed by atoms with E-state index < -0.39 is 11.6 Å². The van der Waals surface area contributed by atoms with E-state index in [1.807, 2.05) is 17.0 Å². The van der Waals surface area contributed by atoms with Crippen molar-refractivity contribution in [3.63, 3.8) is 0 Å². The first kappa shape index (κ1) is 18.8. The van der Waals surface area contributed by atoms with Gasteiger partial charge in [-0.3, -0.25) is 9.69 Å². The van der Waals surface area contributed by atoms with Gasteiger partial charge in [-0.15, -0.1) is 0 Å². The molecule has 0 saturated carbocycles. The van der Waals surface area contributed by atoms with Gasteiger partial charge < -0.3 is 14.4 Å². The van der Waals surface area contributed by atoms with Crippen molar-refractivity contribution in [2.45, 2.75) is 12.6 Å². The van der Waals surface area contributed by atoms with E-state index in [1.54, 1.807) is 23.1 Å². The van der Waals surface area contributed by atoms with E-state index >= 15 is 0 Å². The van der Waals surface area contributed by atoms with Gasteiger partial charge >= 0.3 is 0 Å². The Balaban J connectivity index is 1.31. The lowest BCUT2D eigenvalue weighted by Gasteiger charge is -2.39. The third-order valence-corrected chi connectivity index (χ3v) is 5.03. The maximum atomic E-state index is 13.8. The molecule has 7 heteroatoms. The molecule has 0 radical (unpaired) electrons. The van der Waals surface area contributed by atoms with Crippen LogP contribution in [0.4, 0.5) is 8.78 Å². The summed E-state index contributed by atoms with van der Waals surface area (Å²) in [5.74, 6) is -1.000. The molecule has 4 rings (SSSR count). The highest BCUT2D eigenvalue weighted by molar-refractivity contribution is 5.94. The van der Waals surface area contributed by atoms with Crippen LogP contribution in [0.5, 0.6) is 5.75 Å². The van der Waals surface area contributed by atoms with Gasteiger partial charge in [-0.05, 0) is 24.3 Å². The number of halogens is 2. The normalized spacial score (nSPS) is 18.0. The fourth-order valence-corrected chi connectivity index (χ4v) is 3.48. The van der Waals surface area contributed by atoms with Crippen molar-refractivity contribution in [2.75, 3.05) is 39.4 Å². The maximum absolute atomic E-state index is 13.8. The summed E-state index contributed by atoms with van der Waals surface area (Å²) in [5, 5.41) is 0. The van der Waals surface area contributed by atoms with E-state index in [-0.39, 0.29) is 12.0 Å². The summed E-state index contributed by atoms with van der Waals surface area (Å²) in [6.07, 6.45) is -0.0367. The molecule has 148 valence electrons. The monoisotopic (exact) mass is 388 g/mol. The van der Waals surface area contributed by atoms with Crippen molar-refractivity contribution in [1.29, 1.82) is 0 Å². The molecule has 0 aliphatic carbocycles. The zero-order valence-corrected chi connectivity index (χ0v) is 15.4. The number of carbonyl (C=O) groups excluding carboxylic acids is 1.